The highest BCUT2D eigenvalue weighted by molar-refractivity contribution is 6.07. The van der Waals surface area contributed by atoms with Crippen molar-refractivity contribution in [3.8, 4) is 0 Å². The summed E-state index contributed by atoms with van der Waals surface area (Å²) in [5.74, 6) is 0.280. The smallest absolute Gasteiger partial charge is 0.274 e. The molecule has 2 heterocycles. The van der Waals surface area contributed by atoms with E-state index in [2.05, 4.69) is 27.2 Å². The topological polar surface area (TPSA) is 71.0 Å². The zero-order valence-corrected chi connectivity index (χ0v) is 14.4. The molecule has 0 radical (unpaired) electrons. The molecular formula is C19H21N5O. The molecule has 2 aromatic heterocycles. The number of carbonyl (C=O) groups is 1. The highest BCUT2D eigenvalue weighted by Gasteiger charge is 2.13. The van der Waals surface area contributed by atoms with E-state index in [-0.39, 0.29) is 5.91 Å². The molecule has 128 valence electrons. The summed E-state index contributed by atoms with van der Waals surface area (Å²) in [6.07, 6.45) is 5.47. The van der Waals surface area contributed by atoms with E-state index in [9.17, 15) is 4.79 Å². The third-order valence-electron chi connectivity index (χ3n) is 3.94. The molecule has 0 spiro atoms. The van der Waals surface area contributed by atoms with Crippen molar-refractivity contribution in [2.24, 2.45) is 0 Å². The summed E-state index contributed by atoms with van der Waals surface area (Å²) in [6, 6.07) is 11.1. The van der Waals surface area contributed by atoms with Crippen LogP contribution < -0.4 is 10.2 Å². The van der Waals surface area contributed by atoms with Gasteiger partial charge >= 0.3 is 0 Å². The van der Waals surface area contributed by atoms with E-state index in [1.54, 1.807) is 18.5 Å². The Bertz CT molecular complexity index is 875. The monoisotopic (exact) mass is 335 g/mol. The van der Waals surface area contributed by atoms with Crippen LogP contribution in [0.15, 0.2) is 48.8 Å². The number of nitrogens with one attached hydrogen (secondary N) is 1. The van der Waals surface area contributed by atoms with Crippen LogP contribution in [0, 0.1) is 0 Å². The number of para-hydroxylation sites is 1. The van der Waals surface area contributed by atoms with Crippen LogP contribution in [0.25, 0.3) is 10.9 Å². The summed E-state index contributed by atoms with van der Waals surface area (Å²) >= 11 is 0. The van der Waals surface area contributed by atoms with Gasteiger partial charge < -0.3 is 10.2 Å². The van der Waals surface area contributed by atoms with E-state index in [1.807, 2.05) is 42.3 Å². The van der Waals surface area contributed by atoms with Crippen molar-refractivity contribution in [3.05, 3.63) is 54.5 Å². The van der Waals surface area contributed by atoms with Gasteiger partial charge in [0, 0.05) is 31.4 Å². The molecular weight excluding hydrogens is 314 g/mol. The van der Waals surface area contributed by atoms with Crippen LogP contribution in [-0.2, 0) is 0 Å². The van der Waals surface area contributed by atoms with Gasteiger partial charge in [-0.2, -0.15) is 0 Å². The van der Waals surface area contributed by atoms with Crippen molar-refractivity contribution in [2.75, 3.05) is 23.8 Å². The van der Waals surface area contributed by atoms with Crippen LogP contribution in [0.4, 0.5) is 11.6 Å². The minimum Gasteiger partial charge on any atom is -0.344 e. The largest absolute Gasteiger partial charge is 0.344 e. The maximum Gasteiger partial charge on any atom is 0.274 e. The quantitative estimate of drug-likeness (QED) is 0.746. The first-order valence-electron chi connectivity index (χ1n) is 8.38. The summed E-state index contributed by atoms with van der Waals surface area (Å²) in [4.78, 5) is 27.5. The van der Waals surface area contributed by atoms with Gasteiger partial charge in [0.15, 0.2) is 0 Å². The van der Waals surface area contributed by atoms with E-state index in [1.165, 1.54) is 0 Å². The lowest BCUT2D eigenvalue weighted by atomic mass is 10.2. The summed E-state index contributed by atoms with van der Waals surface area (Å²) in [5.41, 5.74) is 1.76. The second-order valence-corrected chi connectivity index (χ2v) is 5.85. The second kappa shape index (κ2) is 7.70. The van der Waals surface area contributed by atoms with E-state index < -0.39 is 0 Å². The number of unbranched alkanes of at least 4 members (excludes halogenated alkanes) is 1. The average molecular weight is 335 g/mol. The van der Waals surface area contributed by atoms with Crippen LogP contribution >= 0.6 is 0 Å². The normalized spacial score (nSPS) is 10.6. The number of nitrogens with zero attached hydrogens (tertiary/aromatic N) is 4. The molecule has 0 aliphatic carbocycles. The molecule has 6 nitrogen and oxygen atoms in total. The molecule has 0 unspecified atom stereocenters. The maximum atomic E-state index is 12.6. The van der Waals surface area contributed by atoms with Gasteiger partial charge in [0.2, 0.25) is 5.95 Å². The van der Waals surface area contributed by atoms with Gasteiger partial charge in [0.25, 0.3) is 5.91 Å². The Kier molecular flexibility index (Phi) is 5.18. The number of rotatable bonds is 6. The van der Waals surface area contributed by atoms with Crippen molar-refractivity contribution in [3.63, 3.8) is 0 Å². The number of hydrogen-bond donors (Lipinski definition) is 1. The van der Waals surface area contributed by atoms with Crippen molar-refractivity contribution < 1.29 is 4.79 Å². The van der Waals surface area contributed by atoms with Crippen LogP contribution in [0.3, 0.4) is 0 Å². The van der Waals surface area contributed by atoms with Crippen LogP contribution in [0.2, 0.25) is 0 Å². The molecule has 0 saturated heterocycles. The van der Waals surface area contributed by atoms with Crippen molar-refractivity contribution in [1.82, 2.24) is 15.0 Å². The van der Waals surface area contributed by atoms with Gasteiger partial charge in [-0.1, -0.05) is 31.5 Å². The second-order valence-electron chi connectivity index (χ2n) is 5.85. The lowest BCUT2D eigenvalue weighted by Crippen LogP contribution is -2.23. The molecule has 3 aromatic rings. The molecule has 1 amide bonds. The number of amides is 1. The molecule has 0 aliphatic rings. The van der Waals surface area contributed by atoms with Crippen molar-refractivity contribution in [2.45, 2.75) is 19.8 Å². The summed E-state index contributed by atoms with van der Waals surface area (Å²) < 4.78 is 0. The first kappa shape index (κ1) is 16.8. The lowest BCUT2D eigenvalue weighted by molar-refractivity contribution is 0.102. The Morgan fingerprint density at radius 2 is 1.96 bits per heavy atom. The van der Waals surface area contributed by atoms with E-state index in [0.717, 1.165) is 30.3 Å². The Hall–Kier alpha value is -3.02. The summed E-state index contributed by atoms with van der Waals surface area (Å²) in [5, 5.41) is 3.88. The third-order valence-corrected chi connectivity index (χ3v) is 3.94. The number of carbonyl (C=O) groups excluding carboxylic acids is 1. The minimum atomic E-state index is -0.273. The SMILES string of the molecule is CCCCN(C)c1nccc(C(=O)Nc2cccc3cccnc23)n1. The molecule has 1 N–H and O–H groups in total. The Morgan fingerprint density at radius 1 is 1.12 bits per heavy atom. The zero-order valence-electron chi connectivity index (χ0n) is 14.4. The van der Waals surface area contributed by atoms with E-state index in [0.29, 0.717) is 17.3 Å². The summed E-state index contributed by atoms with van der Waals surface area (Å²) in [7, 11) is 1.93. The predicted molar refractivity (Wildman–Crippen MR) is 99.9 cm³/mol. The lowest BCUT2D eigenvalue weighted by Gasteiger charge is -2.16. The molecule has 0 saturated carbocycles. The molecule has 0 atom stereocenters. The number of pyridine rings is 1. The first-order valence-corrected chi connectivity index (χ1v) is 8.38. The highest BCUT2D eigenvalue weighted by atomic mass is 16.1. The van der Waals surface area contributed by atoms with Gasteiger partial charge in [-0.15, -0.1) is 0 Å². The number of hydrogen-bond acceptors (Lipinski definition) is 5. The minimum absolute atomic E-state index is 0.273. The molecule has 25 heavy (non-hydrogen) atoms. The number of aromatic nitrogens is 3. The highest BCUT2D eigenvalue weighted by Crippen LogP contribution is 2.21. The first-order chi connectivity index (χ1) is 12.2. The van der Waals surface area contributed by atoms with E-state index in [4.69, 9.17) is 0 Å². The van der Waals surface area contributed by atoms with Gasteiger partial charge in [0.05, 0.1) is 11.2 Å². The molecule has 3 rings (SSSR count). The van der Waals surface area contributed by atoms with Crippen LogP contribution in [0.1, 0.15) is 30.3 Å². The molecule has 1 aromatic carbocycles. The Balaban J connectivity index is 1.81. The molecule has 6 heteroatoms. The fraction of sp³-hybridized carbons (Fsp3) is 0.263. The van der Waals surface area contributed by atoms with Crippen LogP contribution in [-0.4, -0.2) is 34.5 Å². The fourth-order valence-electron chi connectivity index (χ4n) is 2.55. The zero-order chi connectivity index (χ0) is 17.6. The summed E-state index contributed by atoms with van der Waals surface area (Å²) in [6.45, 7) is 2.99. The van der Waals surface area contributed by atoms with Gasteiger partial charge in [0.1, 0.15) is 5.69 Å². The molecule has 0 fully saturated rings. The van der Waals surface area contributed by atoms with Crippen molar-refractivity contribution in [1.29, 1.82) is 0 Å². The number of fused-ring (bicyclic) bond motifs is 1. The van der Waals surface area contributed by atoms with Gasteiger partial charge in [-0.25, -0.2) is 9.97 Å². The number of benzene rings is 1. The predicted octanol–water partition coefficient (Wildman–Crippen LogP) is 3.51. The fourth-order valence-corrected chi connectivity index (χ4v) is 2.55. The van der Waals surface area contributed by atoms with E-state index >= 15 is 0 Å². The molecule has 0 bridgehead atoms. The number of anilines is 2. The molecule has 0 aliphatic heterocycles. The Morgan fingerprint density at radius 3 is 2.80 bits per heavy atom. The van der Waals surface area contributed by atoms with Crippen LogP contribution in [0.5, 0.6) is 0 Å². The third kappa shape index (κ3) is 3.91. The maximum absolute atomic E-state index is 12.6. The van der Waals surface area contributed by atoms with Gasteiger partial charge in [-0.3, -0.25) is 9.78 Å². The van der Waals surface area contributed by atoms with Crippen molar-refractivity contribution >= 4 is 28.4 Å². The Labute approximate surface area is 146 Å². The van der Waals surface area contributed by atoms with Gasteiger partial charge in [-0.05, 0) is 24.6 Å². The average Bonchev–Trinajstić information content (AvgIpc) is 2.66. The standard InChI is InChI=1S/C19H21N5O/c1-3-4-13-24(2)19-21-12-10-16(23-19)18(25)22-15-9-5-7-14-8-6-11-20-17(14)15/h5-12H,3-4,13H2,1-2H3,(H,22,25).